The molecule has 0 aliphatic carbocycles. The first-order valence-corrected chi connectivity index (χ1v) is 2.35. The molecule has 0 aliphatic heterocycles. The minimum Gasteiger partial charge on any atom is -0.329 e. The molecule has 0 atom stereocenters. The first-order chi connectivity index (χ1) is 5.34. The molecule has 0 amide bonds. The average molecular weight is 166 g/mol. The summed E-state index contributed by atoms with van der Waals surface area (Å²) in [6.07, 6.45) is -0.764. The standard InChI is InChI=1S/C4H5BrN2/c1-7-3-2-6-4(7)5/h2-3H,1H3/i1D3,2D,3D. The Hall–Kier alpha value is -0.310. The lowest BCUT2D eigenvalue weighted by Crippen LogP contribution is -1.82. The van der Waals surface area contributed by atoms with E-state index in [1.54, 1.807) is 0 Å². The van der Waals surface area contributed by atoms with Crippen molar-refractivity contribution in [1.82, 2.24) is 9.55 Å². The maximum atomic E-state index is 7.19. The zero-order chi connectivity index (χ0) is 9.52. The van der Waals surface area contributed by atoms with Crippen molar-refractivity contribution >= 4 is 15.9 Å². The van der Waals surface area contributed by atoms with Crippen LogP contribution in [-0.2, 0) is 6.98 Å². The van der Waals surface area contributed by atoms with E-state index in [4.69, 9.17) is 6.85 Å². The number of aromatic nitrogens is 2. The summed E-state index contributed by atoms with van der Waals surface area (Å²) in [5, 5.41) is 0. The first-order valence-electron chi connectivity index (χ1n) is 4.06. The number of rotatable bonds is 0. The van der Waals surface area contributed by atoms with Gasteiger partial charge in [-0.2, -0.15) is 0 Å². The van der Waals surface area contributed by atoms with Crippen LogP contribution in [-0.4, -0.2) is 9.55 Å². The minimum absolute atomic E-state index is 0.0162. The smallest absolute Gasteiger partial charge is 0.176 e. The Balaban J connectivity index is 3.32. The summed E-state index contributed by atoms with van der Waals surface area (Å²) in [6, 6.07) is 0. The van der Waals surface area contributed by atoms with Gasteiger partial charge >= 0.3 is 0 Å². The third-order valence-electron chi connectivity index (χ3n) is 0.494. The Kier molecular flexibility index (Phi) is 0.375. The lowest BCUT2D eigenvalue weighted by molar-refractivity contribution is 0.881. The number of nitrogens with zero attached hydrogens (tertiary/aromatic N) is 2. The molecule has 1 heterocycles. The molecule has 7 heavy (non-hydrogen) atoms. The fraction of sp³-hybridized carbons (Fsp3) is 0.250. The van der Waals surface area contributed by atoms with Crippen molar-refractivity contribution < 1.29 is 6.85 Å². The van der Waals surface area contributed by atoms with Gasteiger partial charge in [-0.15, -0.1) is 0 Å². The van der Waals surface area contributed by atoms with Crippen LogP contribution in [0.15, 0.2) is 17.1 Å². The first kappa shape index (κ1) is 1.58. The Bertz CT molecular complexity index is 303. The molecule has 1 aromatic rings. The molecule has 0 unspecified atom stereocenters. The van der Waals surface area contributed by atoms with Gasteiger partial charge in [-0.3, -0.25) is 0 Å². The second-order valence-corrected chi connectivity index (χ2v) is 1.65. The molecule has 0 aromatic carbocycles. The highest BCUT2D eigenvalue weighted by Crippen LogP contribution is 2.01. The summed E-state index contributed by atoms with van der Waals surface area (Å²) in [5.74, 6) is 0. The van der Waals surface area contributed by atoms with Gasteiger partial charge in [0.25, 0.3) is 0 Å². The summed E-state index contributed by atoms with van der Waals surface area (Å²) in [4.78, 5) is 3.48. The van der Waals surface area contributed by atoms with Gasteiger partial charge in [0, 0.05) is 23.4 Å². The van der Waals surface area contributed by atoms with Crippen LogP contribution in [0.4, 0.5) is 0 Å². The van der Waals surface area contributed by atoms with E-state index >= 15 is 0 Å². The zero-order valence-electron chi connectivity index (χ0n) is 8.27. The molecule has 3 heteroatoms. The van der Waals surface area contributed by atoms with Gasteiger partial charge in [-0.05, 0) is 15.9 Å². The van der Waals surface area contributed by atoms with Crippen LogP contribution >= 0.6 is 15.9 Å². The van der Waals surface area contributed by atoms with E-state index in [1.807, 2.05) is 0 Å². The van der Waals surface area contributed by atoms with E-state index in [-0.39, 0.29) is 10.9 Å². The van der Waals surface area contributed by atoms with Gasteiger partial charge in [-0.25, -0.2) is 4.98 Å². The van der Waals surface area contributed by atoms with E-state index < -0.39 is 13.1 Å². The second-order valence-electron chi connectivity index (χ2n) is 0.940. The second kappa shape index (κ2) is 1.66. The fourth-order valence-electron chi connectivity index (χ4n) is 0.217. The van der Waals surface area contributed by atoms with Crippen molar-refractivity contribution in [2.45, 2.75) is 0 Å². The van der Waals surface area contributed by atoms with Crippen LogP contribution < -0.4 is 0 Å². The van der Waals surface area contributed by atoms with E-state index in [2.05, 4.69) is 20.9 Å². The normalized spacial score (nSPS) is 21.6. The average Bonchev–Trinajstić information content (AvgIpc) is 2.05. The molecular weight excluding hydrogens is 156 g/mol. The van der Waals surface area contributed by atoms with E-state index in [1.165, 1.54) is 0 Å². The monoisotopic (exact) mass is 165 g/mol. The van der Waals surface area contributed by atoms with Gasteiger partial charge in [0.2, 0.25) is 0 Å². The summed E-state index contributed by atoms with van der Waals surface area (Å²) < 4.78 is 35.9. The van der Waals surface area contributed by atoms with Gasteiger partial charge in [0.05, 0.1) is 2.74 Å². The van der Waals surface area contributed by atoms with Crippen LogP contribution in [0.1, 0.15) is 6.85 Å². The highest BCUT2D eigenvalue weighted by atomic mass is 79.9. The SMILES string of the molecule is [2H]c1nc(Br)n(C([2H])([2H])[2H])c1[2H]. The minimum atomic E-state index is -2.46. The van der Waals surface area contributed by atoms with Crippen molar-refractivity contribution in [3.05, 3.63) is 17.1 Å². The Morgan fingerprint density at radius 2 is 3.14 bits per heavy atom. The van der Waals surface area contributed by atoms with Crippen LogP contribution in [0.2, 0.25) is 0 Å². The Labute approximate surface area is 57.3 Å². The molecule has 0 saturated heterocycles. The molecule has 1 rings (SSSR count). The Morgan fingerprint density at radius 1 is 2.29 bits per heavy atom. The number of halogens is 1. The maximum absolute atomic E-state index is 7.19. The van der Waals surface area contributed by atoms with Crippen LogP contribution in [0, 0.1) is 0 Å². The summed E-state index contributed by atoms with van der Waals surface area (Å²) in [6.45, 7) is -2.46. The van der Waals surface area contributed by atoms with E-state index in [9.17, 15) is 0 Å². The van der Waals surface area contributed by atoms with Crippen LogP contribution in [0.25, 0.3) is 0 Å². The van der Waals surface area contributed by atoms with Gasteiger partial charge in [-0.1, -0.05) is 0 Å². The van der Waals surface area contributed by atoms with Gasteiger partial charge in [0.1, 0.15) is 0 Å². The number of hydrogen-bond donors (Lipinski definition) is 0. The topological polar surface area (TPSA) is 17.8 Å². The van der Waals surface area contributed by atoms with Crippen molar-refractivity contribution in [3.63, 3.8) is 0 Å². The van der Waals surface area contributed by atoms with E-state index in [0.29, 0.717) is 4.57 Å². The summed E-state index contributed by atoms with van der Waals surface area (Å²) in [5.41, 5.74) is 0. The third-order valence-corrected chi connectivity index (χ3v) is 1.03. The summed E-state index contributed by atoms with van der Waals surface area (Å²) >= 11 is 2.86. The van der Waals surface area contributed by atoms with Crippen molar-refractivity contribution in [1.29, 1.82) is 0 Å². The molecule has 0 spiro atoms. The number of imidazole rings is 1. The molecule has 0 N–H and O–H groups in total. The molecule has 0 saturated carbocycles. The molecule has 0 bridgehead atoms. The lowest BCUT2D eigenvalue weighted by atomic mass is 10.9. The molecule has 0 fully saturated rings. The maximum Gasteiger partial charge on any atom is 0.176 e. The van der Waals surface area contributed by atoms with Crippen molar-refractivity contribution in [2.75, 3.05) is 0 Å². The predicted octanol–water partition coefficient (Wildman–Crippen LogP) is 1.18. The highest BCUT2D eigenvalue weighted by Gasteiger charge is 1.86. The lowest BCUT2D eigenvalue weighted by Gasteiger charge is -1.85. The van der Waals surface area contributed by atoms with Crippen molar-refractivity contribution in [2.24, 2.45) is 6.98 Å². The molecular formula is C4H5BrN2. The fourth-order valence-corrected chi connectivity index (χ4v) is 0.395. The zero-order valence-corrected chi connectivity index (χ0v) is 4.86. The molecule has 0 aliphatic rings. The predicted molar refractivity (Wildman–Crippen MR) is 30.9 cm³/mol. The number of hydrogen-bond acceptors (Lipinski definition) is 1. The molecule has 0 radical (unpaired) electrons. The van der Waals surface area contributed by atoms with Crippen LogP contribution in [0.5, 0.6) is 0 Å². The van der Waals surface area contributed by atoms with Gasteiger partial charge in [0.15, 0.2) is 4.73 Å². The van der Waals surface area contributed by atoms with Gasteiger partial charge < -0.3 is 4.57 Å². The largest absolute Gasteiger partial charge is 0.329 e. The molecule has 38 valence electrons. The summed E-state index contributed by atoms with van der Waals surface area (Å²) in [7, 11) is 0. The third kappa shape index (κ3) is 0.825. The molecule has 2 nitrogen and oxygen atoms in total. The van der Waals surface area contributed by atoms with E-state index in [0.717, 1.165) is 0 Å². The van der Waals surface area contributed by atoms with Crippen molar-refractivity contribution in [3.8, 4) is 0 Å². The van der Waals surface area contributed by atoms with Crippen LogP contribution in [0.3, 0.4) is 0 Å². The highest BCUT2D eigenvalue weighted by molar-refractivity contribution is 9.10. The Morgan fingerprint density at radius 3 is 3.43 bits per heavy atom. The quantitative estimate of drug-likeness (QED) is 0.565. The molecule has 1 aromatic heterocycles.